The molecule has 0 heterocycles. The molecule has 0 saturated heterocycles. The molecule has 0 bridgehead atoms. The summed E-state index contributed by atoms with van der Waals surface area (Å²) < 4.78 is 0. The molecule has 1 amide bonds. The van der Waals surface area contributed by atoms with Crippen LogP contribution in [0.4, 0.5) is 0 Å². The predicted molar refractivity (Wildman–Crippen MR) is 89.2 cm³/mol. The lowest BCUT2D eigenvalue weighted by atomic mass is 10.2. The van der Waals surface area contributed by atoms with Gasteiger partial charge in [-0.2, -0.15) is 5.10 Å². The van der Waals surface area contributed by atoms with Crippen molar-refractivity contribution in [3.63, 3.8) is 0 Å². The van der Waals surface area contributed by atoms with Gasteiger partial charge in [0.05, 0.1) is 11.3 Å². The number of hydrogen-bond donors (Lipinski definition) is 2. The SMILES string of the molecule is CC(/C=C/c1ccccc1)=NNC(=O)c1ccc(Cl)cc1O. The molecule has 0 unspecified atom stereocenters. The zero-order chi connectivity index (χ0) is 15.9. The quantitative estimate of drug-likeness (QED) is 0.665. The highest BCUT2D eigenvalue weighted by atomic mass is 35.5. The van der Waals surface area contributed by atoms with Gasteiger partial charge in [-0.1, -0.05) is 48.0 Å². The first kappa shape index (κ1) is 15.8. The van der Waals surface area contributed by atoms with E-state index in [9.17, 15) is 9.90 Å². The number of carbonyl (C=O) groups excluding carboxylic acids is 1. The van der Waals surface area contributed by atoms with Crippen molar-refractivity contribution in [1.82, 2.24) is 5.43 Å². The van der Waals surface area contributed by atoms with E-state index in [4.69, 9.17) is 11.6 Å². The molecule has 5 heteroatoms. The van der Waals surface area contributed by atoms with Crippen molar-refractivity contribution in [2.24, 2.45) is 5.10 Å². The number of rotatable bonds is 4. The summed E-state index contributed by atoms with van der Waals surface area (Å²) >= 11 is 5.72. The standard InChI is InChI=1S/C17H15ClN2O2/c1-12(7-8-13-5-3-2-4-6-13)19-20-17(22)15-10-9-14(18)11-16(15)21/h2-11,21H,1H3,(H,20,22)/b8-7+,19-12?. The van der Waals surface area contributed by atoms with Crippen LogP contribution in [-0.2, 0) is 0 Å². The van der Waals surface area contributed by atoms with Gasteiger partial charge in [0.1, 0.15) is 5.75 Å². The second-order valence-electron chi connectivity index (χ2n) is 4.60. The van der Waals surface area contributed by atoms with E-state index in [0.717, 1.165) is 5.56 Å². The molecule has 2 rings (SSSR count). The molecular formula is C17H15ClN2O2. The fourth-order valence-electron chi connectivity index (χ4n) is 1.71. The zero-order valence-electron chi connectivity index (χ0n) is 12.0. The van der Waals surface area contributed by atoms with E-state index >= 15 is 0 Å². The van der Waals surface area contributed by atoms with Crippen LogP contribution in [0, 0.1) is 0 Å². The number of benzene rings is 2. The van der Waals surface area contributed by atoms with Crippen molar-refractivity contribution >= 4 is 29.3 Å². The lowest BCUT2D eigenvalue weighted by Gasteiger charge is -2.03. The summed E-state index contributed by atoms with van der Waals surface area (Å²) in [6.45, 7) is 1.77. The number of nitrogens with zero attached hydrogens (tertiary/aromatic N) is 1. The third-order valence-corrected chi connectivity index (χ3v) is 3.09. The Labute approximate surface area is 133 Å². The van der Waals surface area contributed by atoms with Crippen LogP contribution >= 0.6 is 11.6 Å². The van der Waals surface area contributed by atoms with Crippen LogP contribution in [0.3, 0.4) is 0 Å². The van der Waals surface area contributed by atoms with Crippen LogP contribution in [0.2, 0.25) is 5.02 Å². The van der Waals surface area contributed by atoms with E-state index < -0.39 is 5.91 Å². The molecule has 2 aromatic rings. The average Bonchev–Trinajstić information content (AvgIpc) is 2.51. The first-order valence-corrected chi connectivity index (χ1v) is 7.00. The molecule has 0 aliphatic rings. The largest absolute Gasteiger partial charge is 0.507 e. The van der Waals surface area contributed by atoms with Gasteiger partial charge in [-0.15, -0.1) is 0 Å². The summed E-state index contributed by atoms with van der Waals surface area (Å²) in [5, 5.41) is 14.0. The summed E-state index contributed by atoms with van der Waals surface area (Å²) in [5.74, 6) is -0.681. The van der Waals surface area contributed by atoms with Crippen LogP contribution in [0.25, 0.3) is 6.08 Å². The number of allylic oxidation sites excluding steroid dienone is 1. The fourth-order valence-corrected chi connectivity index (χ4v) is 1.88. The van der Waals surface area contributed by atoms with Gasteiger partial charge in [0, 0.05) is 5.02 Å². The van der Waals surface area contributed by atoms with Crippen LogP contribution in [-0.4, -0.2) is 16.7 Å². The molecule has 0 spiro atoms. The summed E-state index contributed by atoms with van der Waals surface area (Å²) in [6, 6.07) is 14.0. The Morgan fingerprint density at radius 2 is 1.95 bits per heavy atom. The molecule has 0 saturated carbocycles. The molecule has 0 atom stereocenters. The first-order valence-electron chi connectivity index (χ1n) is 6.62. The number of halogens is 1. The summed E-state index contributed by atoms with van der Waals surface area (Å²) in [5.41, 5.74) is 4.18. The molecule has 112 valence electrons. The van der Waals surface area contributed by atoms with Gasteiger partial charge < -0.3 is 5.11 Å². The normalized spacial score (nSPS) is 11.6. The Kier molecular flexibility index (Phi) is 5.33. The van der Waals surface area contributed by atoms with E-state index in [0.29, 0.717) is 10.7 Å². The first-order chi connectivity index (χ1) is 10.6. The van der Waals surface area contributed by atoms with Crippen molar-refractivity contribution in [2.75, 3.05) is 0 Å². The Bertz CT molecular complexity index is 725. The molecule has 2 N–H and O–H groups in total. The average molecular weight is 315 g/mol. The third kappa shape index (κ3) is 4.46. The van der Waals surface area contributed by atoms with Crippen LogP contribution in [0.1, 0.15) is 22.8 Å². The lowest BCUT2D eigenvalue weighted by Crippen LogP contribution is -2.18. The molecule has 0 aliphatic heterocycles. The predicted octanol–water partition coefficient (Wildman–Crippen LogP) is 3.86. The second kappa shape index (κ2) is 7.43. The Balaban J connectivity index is 2.01. The molecule has 0 fully saturated rings. The van der Waals surface area contributed by atoms with Crippen molar-refractivity contribution in [3.05, 3.63) is 70.8 Å². The monoisotopic (exact) mass is 314 g/mol. The smallest absolute Gasteiger partial charge is 0.275 e. The van der Waals surface area contributed by atoms with E-state index in [-0.39, 0.29) is 11.3 Å². The van der Waals surface area contributed by atoms with Gasteiger partial charge in [0.15, 0.2) is 0 Å². The van der Waals surface area contributed by atoms with Gasteiger partial charge in [0.2, 0.25) is 0 Å². The molecule has 4 nitrogen and oxygen atoms in total. The van der Waals surface area contributed by atoms with Gasteiger partial charge >= 0.3 is 0 Å². The maximum Gasteiger partial charge on any atom is 0.275 e. The van der Waals surface area contributed by atoms with Crippen LogP contribution < -0.4 is 5.43 Å². The van der Waals surface area contributed by atoms with Gasteiger partial charge in [0.25, 0.3) is 5.91 Å². The van der Waals surface area contributed by atoms with Crippen molar-refractivity contribution < 1.29 is 9.90 Å². The van der Waals surface area contributed by atoms with Crippen molar-refractivity contribution in [3.8, 4) is 5.75 Å². The van der Waals surface area contributed by atoms with Gasteiger partial charge in [-0.05, 0) is 36.8 Å². The summed E-state index contributed by atoms with van der Waals surface area (Å²) in [6.07, 6.45) is 3.68. The molecule has 0 aliphatic carbocycles. The van der Waals surface area contributed by atoms with Crippen LogP contribution in [0.15, 0.2) is 59.7 Å². The third-order valence-electron chi connectivity index (χ3n) is 2.85. The maximum absolute atomic E-state index is 11.9. The molecular weight excluding hydrogens is 300 g/mol. The lowest BCUT2D eigenvalue weighted by molar-refractivity contribution is 0.0952. The topological polar surface area (TPSA) is 61.7 Å². The Morgan fingerprint density at radius 3 is 2.64 bits per heavy atom. The maximum atomic E-state index is 11.9. The number of hydrazone groups is 1. The molecule has 2 aromatic carbocycles. The van der Waals surface area contributed by atoms with E-state index in [1.54, 1.807) is 13.0 Å². The van der Waals surface area contributed by atoms with Crippen molar-refractivity contribution in [1.29, 1.82) is 0 Å². The fraction of sp³-hybridized carbons (Fsp3) is 0.0588. The number of carbonyl (C=O) groups is 1. The minimum Gasteiger partial charge on any atom is -0.507 e. The summed E-state index contributed by atoms with van der Waals surface area (Å²) in [7, 11) is 0. The number of phenolic OH excluding ortho intramolecular Hbond substituents is 1. The van der Waals surface area contributed by atoms with Crippen LogP contribution in [0.5, 0.6) is 5.75 Å². The number of aromatic hydroxyl groups is 1. The van der Waals surface area contributed by atoms with Gasteiger partial charge in [-0.25, -0.2) is 5.43 Å². The van der Waals surface area contributed by atoms with E-state index in [1.165, 1.54) is 18.2 Å². The number of phenols is 1. The van der Waals surface area contributed by atoms with Crippen molar-refractivity contribution in [2.45, 2.75) is 6.92 Å². The minimum absolute atomic E-state index is 0.119. The molecule has 22 heavy (non-hydrogen) atoms. The number of nitrogens with one attached hydrogen (secondary N) is 1. The number of hydrogen-bond acceptors (Lipinski definition) is 3. The van der Waals surface area contributed by atoms with E-state index in [1.807, 2.05) is 36.4 Å². The number of amides is 1. The molecule has 0 aromatic heterocycles. The summed E-state index contributed by atoms with van der Waals surface area (Å²) in [4.78, 5) is 11.9. The molecule has 0 radical (unpaired) electrons. The Hall–Kier alpha value is -2.59. The van der Waals surface area contributed by atoms with Gasteiger partial charge in [-0.3, -0.25) is 4.79 Å². The zero-order valence-corrected chi connectivity index (χ0v) is 12.7. The second-order valence-corrected chi connectivity index (χ2v) is 5.04. The highest BCUT2D eigenvalue weighted by Crippen LogP contribution is 2.21. The highest BCUT2D eigenvalue weighted by molar-refractivity contribution is 6.30. The Morgan fingerprint density at radius 1 is 1.23 bits per heavy atom. The van der Waals surface area contributed by atoms with E-state index in [2.05, 4.69) is 10.5 Å². The highest BCUT2D eigenvalue weighted by Gasteiger charge is 2.10. The minimum atomic E-state index is -0.498.